The Kier molecular flexibility index (Phi) is 5.25. The van der Waals surface area contributed by atoms with E-state index in [1.807, 2.05) is 13.8 Å². The summed E-state index contributed by atoms with van der Waals surface area (Å²) in [6.45, 7) is 7.43. The van der Waals surface area contributed by atoms with Crippen molar-refractivity contribution in [2.24, 2.45) is 9.98 Å². The first kappa shape index (κ1) is 8.82. The summed E-state index contributed by atoms with van der Waals surface area (Å²) in [5, 5.41) is 0. The molecule has 0 amide bonds. The fourth-order valence-corrected chi connectivity index (χ4v) is 0.320. The summed E-state index contributed by atoms with van der Waals surface area (Å²) >= 11 is 0. The first-order chi connectivity index (χ1) is 4.77. The summed E-state index contributed by atoms with van der Waals surface area (Å²) in [7, 11) is 0. The van der Waals surface area contributed by atoms with E-state index in [2.05, 4.69) is 16.6 Å². The standard InChI is InChI=1S/C8H12N2/c1-4-5-9-7-10-6-8(2)3/h4-7H,1H2,2-3H3/b9-5-,10-7-. The number of allylic oxidation sites excluding steroid dienone is 2. The molecule has 0 aromatic heterocycles. The van der Waals surface area contributed by atoms with Gasteiger partial charge in [0.2, 0.25) is 0 Å². The van der Waals surface area contributed by atoms with Crippen LogP contribution in [0.5, 0.6) is 0 Å². The van der Waals surface area contributed by atoms with E-state index in [4.69, 9.17) is 0 Å². The van der Waals surface area contributed by atoms with Gasteiger partial charge in [0.05, 0.1) is 0 Å². The van der Waals surface area contributed by atoms with E-state index >= 15 is 0 Å². The van der Waals surface area contributed by atoms with E-state index in [-0.39, 0.29) is 0 Å². The molecule has 0 saturated heterocycles. The largest absolute Gasteiger partial charge is 0.245 e. The molecule has 2 heteroatoms. The number of rotatable bonds is 3. The Labute approximate surface area is 61.7 Å². The number of aliphatic imine (C=N–C) groups is 2. The van der Waals surface area contributed by atoms with Crippen LogP contribution in [0, 0.1) is 0 Å². The third-order valence-electron chi connectivity index (χ3n) is 0.658. The molecule has 0 aromatic rings. The molecule has 0 N–H and O–H groups in total. The minimum Gasteiger partial charge on any atom is -0.245 e. The molecule has 0 aliphatic rings. The minimum absolute atomic E-state index is 1.16. The van der Waals surface area contributed by atoms with Crippen LogP contribution in [-0.4, -0.2) is 12.6 Å². The van der Waals surface area contributed by atoms with Gasteiger partial charge >= 0.3 is 0 Å². The Morgan fingerprint density at radius 3 is 2.50 bits per heavy atom. The lowest BCUT2D eigenvalue weighted by Gasteiger charge is -1.79. The summed E-state index contributed by atoms with van der Waals surface area (Å²) in [4.78, 5) is 7.66. The Hall–Kier alpha value is -1.18. The van der Waals surface area contributed by atoms with Crippen molar-refractivity contribution in [2.45, 2.75) is 13.8 Å². The second kappa shape index (κ2) is 5.95. The molecule has 0 unspecified atom stereocenters. The van der Waals surface area contributed by atoms with Gasteiger partial charge in [0, 0.05) is 12.4 Å². The molecular formula is C8H12N2. The van der Waals surface area contributed by atoms with E-state index in [0.717, 1.165) is 5.57 Å². The highest BCUT2D eigenvalue weighted by atomic mass is 14.8. The third-order valence-corrected chi connectivity index (χ3v) is 0.658. The maximum Gasteiger partial charge on any atom is 0.115 e. The summed E-state index contributed by atoms with van der Waals surface area (Å²) in [6.07, 6.45) is 6.42. The van der Waals surface area contributed by atoms with Crippen LogP contribution in [-0.2, 0) is 0 Å². The van der Waals surface area contributed by atoms with E-state index in [0.29, 0.717) is 0 Å². The molecular weight excluding hydrogens is 124 g/mol. The fourth-order valence-electron chi connectivity index (χ4n) is 0.320. The van der Waals surface area contributed by atoms with Gasteiger partial charge in [0.25, 0.3) is 0 Å². The first-order valence-corrected chi connectivity index (χ1v) is 3.06. The normalized spacial score (nSPS) is 10.6. The van der Waals surface area contributed by atoms with Gasteiger partial charge in [-0.3, -0.25) is 0 Å². The number of nitrogens with zero attached hydrogens (tertiary/aromatic N) is 2. The van der Waals surface area contributed by atoms with Crippen molar-refractivity contribution in [3.63, 3.8) is 0 Å². The van der Waals surface area contributed by atoms with Crippen LogP contribution in [0.25, 0.3) is 0 Å². The molecule has 0 saturated carbocycles. The Morgan fingerprint density at radius 1 is 1.30 bits per heavy atom. The summed E-state index contributed by atoms with van der Waals surface area (Å²) < 4.78 is 0. The molecule has 0 heterocycles. The van der Waals surface area contributed by atoms with Gasteiger partial charge in [0.1, 0.15) is 6.34 Å². The van der Waals surface area contributed by atoms with E-state index < -0.39 is 0 Å². The van der Waals surface area contributed by atoms with Gasteiger partial charge in [-0.2, -0.15) is 0 Å². The average molecular weight is 136 g/mol. The van der Waals surface area contributed by atoms with Gasteiger partial charge in [-0.1, -0.05) is 18.2 Å². The zero-order chi connectivity index (χ0) is 7.82. The van der Waals surface area contributed by atoms with Crippen LogP contribution in [0.1, 0.15) is 13.8 Å². The van der Waals surface area contributed by atoms with Crippen molar-refractivity contribution in [2.75, 3.05) is 0 Å². The van der Waals surface area contributed by atoms with Crippen molar-refractivity contribution in [1.29, 1.82) is 0 Å². The molecule has 0 bridgehead atoms. The van der Waals surface area contributed by atoms with Gasteiger partial charge < -0.3 is 0 Å². The zero-order valence-electron chi connectivity index (χ0n) is 6.41. The Bertz CT molecular complexity index is 172. The molecule has 0 rings (SSSR count). The molecule has 54 valence electrons. The van der Waals surface area contributed by atoms with Crippen molar-refractivity contribution < 1.29 is 0 Å². The second-order valence-corrected chi connectivity index (χ2v) is 2.00. The average Bonchev–Trinajstić information content (AvgIpc) is 1.87. The van der Waals surface area contributed by atoms with Crippen LogP contribution < -0.4 is 0 Å². The highest BCUT2D eigenvalue weighted by Crippen LogP contribution is 1.86. The highest BCUT2D eigenvalue weighted by molar-refractivity contribution is 5.79. The summed E-state index contributed by atoms with van der Waals surface area (Å²) in [6, 6.07) is 0. The van der Waals surface area contributed by atoms with Crippen LogP contribution in [0.3, 0.4) is 0 Å². The van der Waals surface area contributed by atoms with E-state index in [1.54, 1.807) is 18.5 Å². The number of hydrogen-bond acceptors (Lipinski definition) is 1. The highest BCUT2D eigenvalue weighted by Gasteiger charge is 1.68. The molecule has 2 nitrogen and oxygen atoms in total. The van der Waals surface area contributed by atoms with Gasteiger partial charge in [0.15, 0.2) is 0 Å². The zero-order valence-corrected chi connectivity index (χ0v) is 6.41. The second-order valence-electron chi connectivity index (χ2n) is 2.00. The third kappa shape index (κ3) is 6.82. The molecule has 10 heavy (non-hydrogen) atoms. The van der Waals surface area contributed by atoms with Crippen LogP contribution in [0.4, 0.5) is 0 Å². The van der Waals surface area contributed by atoms with E-state index in [1.165, 1.54) is 6.34 Å². The predicted molar refractivity (Wildman–Crippen MR) is 46.6 cm³/mol. The van der Waals surface area contributed by atoms with Crippen molar-refractivity contribution in [3.8, 4) is 0 Å². The Balaban J connectivity index is 3.67. The van der Waals surface area contributed by atoms with Gasteiger partial charge in [-0.25, -0.2) is 9.98 Å². The van der Waals surface area contributed by atoms with Crippen molar-refractivity contribution in [1.82, 2.24) is 0 Å². The topological polar surface area (TPSA) is 24.7 Å². The molecule has 0 atom stereocenters. The summed E-state index contributed by atoms with van der Waals surface area (Å²) in [5.41, 5.74) is 1.16. The fraction of sp³-hybridized carbons (Fsp3) is 0.250. The smallest absolute Gasteiger partial charge is 0.115 e. The molecule has 0 aromatic carbocycles. The van der Waals surface area contributed by atoms with Crippen LogP contribution >= 0.6 is 0 Å². The first-order valence-electron chi connectivity index (χ1n) is 3.06. The lowest BCUT2D eigenvalue weighted by molar-refractivity contribution is 1.34. The maximum atomic E-state index is 3.88. The monoisotopic (exact) mass is 136 g/mol. The molecule has 0 spiro atoms. The van der Waals surface area contributed by atoms with Crippen LogP contribution in [0.15, 0.2) is 34.4 Å². The maximum absolute atomic E-state index is 3.88. The minimum atomic E-state index is 1.16. The van der Waals surface area contributed by atoms with Gasteiger partial charge in [-0.05, 0) is 13.8 Å². The van der Waals surface area contributed by atoms with Gasteiger partial charge in [-0.15, -0.1) is 0 Å². The molecule has 0 aliphatic carbocycles. The lowest BCUT2D eigenvalue weighted by Crippen LogP contribution is -1.66. The van der Waals surface area contributed by atoms with Crippen LogP contribution in [0.2, 0.25) is 0 Å². The Morgan fingerprint density at radius 2 is 2.00 bits per heavy atom. The predicted octanol–water partition coefficient (Wildman–Crippen LogP) is 2.20. The van der Waals surface area contributed by atoms with Crippen molar-refractivity contribution >= 4 is 12.6 Å². The SMILES string of the molecule is C=C/C=N\C=N/C=C(C)C. The number of hydrogen-bond donors (Lipinski definition) is 0. The quantitative estimate of drug-likeness (QED) is 0.419. The lowest BCUT2D eigenvalue weighted by atomic mass is 10.4. The van der Waals surface area contributed by atoms with Crippen molar-refractivity contribution in [3.05, 3.63) is 24.4 Å². The molecule has 0 aliphatic heterocycles. The molecule has 0 radical (unpaired) electrons. The molecule has 0 fully saturated rings. The van der Waals surface area contributed by atoms with E-state index in [9.17, 15) is 0 Å². The summed E-state index contributed by atoms with van der Waals surface area (Å²) in [5.74, 6) is 0.